The van der Waals surface area contributed by atoms with Crippen molar-refractivity contribution in [1.82, 2.24) is 15.6 Å². The molecular weight excluding hydrogens is 300 g/mol. The number of nitrogens with one attached hydrogen (secondary N) is 2. The predicted molar refractivity (Wildman–Crippen MR) is 90.3 cm³/mol. The second-order valence-electron chi connectivity index (χ2n) is 6.67. The van der Waals surface area contributed by atoms with Crippen LogP contribution in [0.1, 0.15) is 38.8 Å². The lowest BCUT2D eigenvalue weighted by Crippen LogP contribution is -2.47. The Morgan fingerprint density at radius 3 is 2.82 bits per heavy atom. The number of oxazole rings is 1. The van der Waals surface area contributed by atoms with E-state index in [-0.39, 0.29) is 5.41 Å². The molecule has 0 aromatic carbocycles. The van der Waals surface area contributed by atoms with E-state index in [1.807, 2.05) is 0 Å². The minimum atomic E-state index is -0.634. The van der Waals surface area contributed by atoms with Gasteiger partial charge in [0.05, 0.1) is 18.3 Å². The maximum absolute atomic E-state index is 10.3. The Hall–Kier alpha value is -1.21. The third kappa shape index (κ3) is 4.64. The molecule has 3 N–H and O–H groups in total. The van der Waals surface area contributed by atoms with Crippen molar-refractivity contribution in [3.63, 3.8) is 0 Å². The first-order chi connectivity index (χ1) is 10.3. The Bertz CT molecular complexity index is 516. The topological polar surface area (TPSA) is 82.7 Å². The minimum absolute atomic E-state index is 0.0470. The van der Waals surface area contributed by atoms with Crippen molar-refractivity contribution in [2.45, 2.75) is 44.8 Å². The Balaban J connectivity index is 1.82. The molecule has 1 unspecified atom stereocenters. The van der Waals surface area contributed by atoms with Crippen molar-refractivity contribution in [3.8, 4) is 0 Å². The number of nitrogens with zero attached hydrogens (tertiary/aromatic N) is 2. The third-order valence-corrected chi connectivity index (χ3v) is 4.83. The van der Waals surface area contributed by atoms with Crippen LogP contribution < -0.4 is 10.6 Å². The highest BCUT2D eigenvalue weighted by Gasteiger charge is 2.31. The summed E-state index contributed by atoms with van der Waals surface area (Å²) >= 11 is 1.78. The highest BCUT2D eigenvalue weighted by atomic mass is 32.2. The molecule has 7 heteroatoms. The lowest BCUT2D eigenvalue weighted by atomic mass is 9.94. The quantitative estimate of drug-likeness (QED) is 0.575. The van der Waals surface area contributed by atoms with Crippen LogP contribution in [0.5, 0.6) is 0 Å². The normalized spacial score (nSPS) is 22.9. The summed E-state index contributed by atoms with van der Waals surface area (Å²) in [6, 6.07) is 0. The molecule has 1 aliphatic rings. The summed E-state index contributed by atoms with van der Waals surface area (Å²) in [4.78, 5) is 8.43. The van der Waals surface area contributed by atoms with Gasteiger partial charge in [0.15, 0.2) is 5.96 Å². The van der Waals surface area contributed by atoms with E-state index in [4.69, 9.17) is 4.42 Å². The van der Waals surface area contributed by atoms with E-state index in [1.165, 1.54) is 0 Å². The van der Waals surface area contributed by atoms with Crippen LogP contribution in [-0.2, 0) is 12.0 Å². The zero-order valence-electron chi connectivity index (χ0n) is 13.8. The van der Waals surface area contributed by atoms with Crippen LogP contribution in [0, 0.1) is 0 Å². The van der Waals surface area contributed by atoms with Gasteiger partial charge in [0.1, 0.15) is 5.76 Å². The number of thioether (sulfide) groups is 1. The standard InChI is InChI=1S/C15H26N4O2S/c1-14(2,3)11-7-17-12(21-11)8-18-13(16-4)19-9-15(20)5-6-22-10-15/h7,20H,5-6,8-10H2,1-4H3,(H2,16,18,19). The Morgan fingerprint density at radius 1 is 1.50 bits per heavy atom. The molecule has 1 atom stereocenters. The van der Waals surface area contributed by atoms with E-state index in [1.54, 1.807) is 25.0 Å². The fourth-order valence-electron chi connectivity index (χ4n) is 2.10. The summed E-state index contributed by atoms with van der Waals surface area (Å²) in [5, 5.41) is 16.6. The lowest BCUT2D eigenvalue weighted by Gasteiger charge is -2.22. The van der Waals surface area contributed by atoms with Crippen LogP contribution in [0.25, 0.3) is 0 Å². The van der Waals surface area contributed by atoms with E-state index >= 15 is 0 Å². The molecule has 1 aromatic rings. The first kappa shape index (κ1) is 17.1. The summed E-state index contributed by atoms with van der Waals surface area (Å²) in [7, 11) is 1.71. The van der Waals surface area contributed by atoms with Gasteiger partial charge in [-0.15, -0.1) is 0 Å². The van der Waals surface area contributed by atoms with Gasteiger partial charge >= 0.3 is 0 Å². The molecule has 0 bridgehead atoms. The molecule has 0 radical (unpaired) electrons. The molecule has 1 saturated heterocycles. The van der Waals surface area contributed by atoms with Gasteiger partial charge in [-0.05, 0) is 12.2 Å². The van der Waals surface area contributed by atoms with Crippen molar-refractivity contribution in [1.29, 1.82) is 0 Å². The van der Waals surface area contributed by atoms with Crippen LogP contribution in [0.15, 0.2) is 15.6 Å². The van der Waals surface area contributed by atoms with E-state index in [0.717, 1.165) is 23.7 Å². The van der Waals surface area contributed by atoms with Gasteiger partial charge in [0.2, 0.25) is 5.89 Å². The summed E-state index contributed by atoms with van der Waals surface area (Å²) in [5.41, 5.74) is -0.681. The zero-order valence-corrected chi connectivity index (χ0v) is 14.6. The van der Waals surface area contributed by atoms with Gasteiger partial charge in [-0.25, -0.2) is 4.98 Å². The molecule has 0 amide bonds. The van der Waals surface area contributed by atoms with E-state index in [2.05, 4.69) is 41.4 Å². The maximum atomic E-state index is 10.3. The largest absolute Gasteiger partial charge is 0.443 e. The first-order valence-corrected chi connectivity index (χ1v) is 8.68. The molecule has 1 aromatic heterocycles. The van der Waals surface area contributed by atoms with E-state index in [9.17, 15) is 5.11 Å². The van der Waals surface area contributed by atoms with Crippen molar-refractivity contribution < 1.29 is 9.52 Å². The van der Waals surface area contributed by atoms with Gasteiger partial charge in [0, 0.05) is 24.8 Å². The van der Waals surface area contributed by atoms with Crippen LogP contribution in [0.3, 0.4) is 0 Å². The number of aliphatic hydroxyl groups is 1. The third-order valence-electron chi connectivity index (χ3n) is 3.59. The van der Waals surface area contributed by atoms with Crippen LogP contribution >= 0.6 is 11.8 Å². The molecule has 0 aliphatic carbocycles. The number of aliphatic imine (C=N–C) groups is 1. The van der Waals surface area contributed by atoms with Gasteiger partial charge in [0.25, 0.3) is 0 Å². The molecule has 0 saturated carbocycles. The van der Waals surface area contributed by atoms with Crippen molar-refractivity contribution in [2.75, 3.05) is 25.1 Å². The number of hydrogen-bond donors (Lipinski definition) is 3. The smallest absolute Gasteiger partial charge is 0.213 e. The summed E-state index contributed by atoms with van der Waals surface area (Å²) in [6.45, 7) is 7.23. The number of aromatic nitrogens is 1. The van der Waals surface area contributed by atoms with Crippen LogP contribution in [-0.4, -0.2) is 46.7 Å². The van der Waals surface area contributed by atoms with Gasteiger partial charge in [-0.3, -0.25) is 4.99 Å². The molecule has 1 fully saturated rings. The Labute approximate surface area is 136 Å². The highest BCUT2D eigenvalue weighted by Crippen LogP contribution is 2.27. The number of guanidine groups is 1. The molecule has 2 heterocycles. The van der Waals surface area contributed by atoms with Gasteiger partial charge in [-0.1, -0.05) is 20.8 Å². The molecule has 6 nitrogen and oxygen atoms in total. The molecule has 1 aliphatic heterocycles. The molecule has 2 rings (SSSR count). The molecule has 0 spiro atoms. The second kappa shape index (κ2) is 6.91. The molecular formula is C15H26N4O2S. The minimum Gasteiger partial charge on any atom is -0.443 e. The Kier molecular flexibility index (Phi) is 5.39. The average Bonchev–Trinajstić information content (AvgIpc) is 3.08. The SMILES string of the molecule is CN=C(NCc1ncc(C(C)(C)C)o1)NCC1(O)CCSC1. The molecule has 124 valence electrons. The van der Waals surface area contributed by atoms with E-state index < -0.39 is 5.60 Å². The summed E-state index contributed by atoms with van der Waals surface area (Å²) in [5.74, 6) is 3.91. The monoisotopic (exact) mass is 326 g/mol. The fourth-order valence-corrected chi connectivity index (χ4v) is 3.40. The second-order valence-corrected chi connectivity index (χ2v) is 7.78. The predicted octanol–water partition coefficient (Wildman–Crippen LogP) is 1.51. The van der Waals surface area contributed by atoms with Gasteiger partial charge < -0.3 is 20.2 Å². The maximum Gasteiger partial charge on any atom is 0.213 e. The average molecular weight is 326 g/mol. The van der Waals surface area contributed by atoms with Crippen LogP contribution in [0.4, 0.5) is 0 Å². The number of rotatable bonds is 4. The summed E-state index contributed by atoms with van der Waals surface area (Å²) in [6.07, 6.45) is 2.59. The fraction of sp³-hybridized carbons (Fsp3) is 0.733. The first-order valence-electron chi connectivity index (χ1n) is 7.52. The molecule has 22 heavy (non-hydrogen) atoms. The van der Waals surface area contributed by atoms with Crippen molar-refractivity contribution in [3.05, 3.63) is 17.8 Å². The highest BCUT2D eigenvalue weighted by molar-refractivity contribution is 7.99. The van der Waals surface area contributed by atoms with Crippen LogP contribution in [0.2, 0.25) is 0 Å². The van der Waals surface area contributed by atoms with Crippen molar-refractivity contribution >= 4 is 17.7 Å². The van der Waals surface area contributed by atoms with Gasteiger partial charge in [-0.2, -0.15) is 11.8 Å². The van der Waals surface area contributed by atoms with E-state index in [0.29, 0.717) is 24.9 Å². The number of hydrogen-bond acceptors (Lipinski definition) is 5. The Morgan fingerprint density at radius 2 is 2.27 bits per heavy atom. The summed E-state index contributed by atoms with van der Waals surface area (Å²) < 4.78 is 5.73. The van der Waals surface area contributed by atoms with Crippen molar-refractivity contribution in [2.24, 2.45) is 4.99 Å². The zero-order chi connectivity index (χ0) is 16.2. The lowest BCUT2D eigenvalue weighted by molar-refractivity contribution is 0.0724.